The summed E-state index contributed by atoms with van der Waals surface area (Å²) in [5.74, 6) is 0.735. The molecular formula is C18H18N4O2S. The maximum atomic E-state index is 12.0. The van der Waals surface area contributed by atoms with Gasteiger partial charge in [-0.3, -0.25) is 9.36 Å². The lowest BCUT2D eigenvalue weighted by molar-refractivity contribution is -0.140. The molecule has 1 saturated carbocycles. The number of fused-ring (bicyclic) bond motifs is 1. The summed E-state index contributed by atoms with van der Waals surface area (Å²) in [6, 6.07) is 8.62. The molecule has 1 aromatic carbocycles. The largest absolute Gasteiger partial charge is 0.462 e. The van der Waals surface area contributed by atoms with Gasteiger partial charge in [-0.1, -0.05) is 30.0 Å². The molecule has 0 spiro atoms. The molecule has 2 atom stereocenters. The third kappa shape index (κ3) is 2.54. The summed E-state index contributed by atoms with van der Waals surface area (Å²) in [5, 5.41) is 10.7. The quantitative estimate of drug-likeness (QED) is 0.725. The average Bonchev–Trinajstić information content (AvgIpc) is 3.08. The summed E-state index contributed by atoms with van der Waals surface area (Å²) in [4.78, 5) is 15.3. The molecule has 0 radical (unpaired) electrons. The number of aromatic nitrogens is 4. The Morgan fingerprint density at radius 2 is 2.12 bits per heavy atom. The first-order chi connectivity index (χ1) is 12.2. The number of para-hydroxylation sites is 1. The number of rotatable bonds is 4. The molecule has 1 saturated heterocycles. The summed E-state index contributed by atoms with van der Waals surface area (Å²) in [6.07, 6.45) is 4.96. The summed E-state index contributed by atoms with van der Waals surface area (Å²) in [5.41, 5.74) is 2.15. The Balaban J connectivity index is 1.55. The summed E-state index contributed by atoms with van der Waals surface area (Å²) in [6.45, 7) is 1.93. The van der Waals surface area contributed by atoms with Gasteiger partial charge in [-0.25, -0.2) is 0 Å². The SMILES string of the molecule is C[C@@H]1C[C@@H](Sc2nnc(-c3c[nH]c4ccccc34)n2C2CC2)C(=O)O1. The molecule has 2 fully saturated rings. The Labute approximate surface area is 149 Å². The molecule has 7 heteroatoms. The van der Waals surface area contributed by atoms with E-state index in [9.17, 15) is 4.79 Å². The fourth-order valence-corrected chi connectivity index (χ4v) is 4.61. The fourth-order valence-electron chi connectivity index (χ4n) is 3.40. The van der Waals surface area contributed by atoms with Gasteiger partial charge in [-0.05, 0) is 25.8 Å². The number of thioether (sulfide) groups is 1. The minimum Gasteiger partial charge on any atom is -0.462 e. The van der Waals surface area contributed by atoms with Gasteiger partial charge in [-0.15, -0.1) is 10.2 Å². The van der Waals surface area contributed by atoms with E-state index in [-0.39, 0.29) is 17.3 Å². The predicted molar refractivity (Wildman–Crippen MR) is 95.4 cm³/mol. The third-order valence-corrected chi connectivity index (χ3v) is 5.94. The number of cyclic esters (lactones) is 1. The number of benzene rings is 1. The van der Waals surface area contributed by atoms with Gasteiger partial charge in [0.15, 0.2) is 11.0 Å². The molecule has 2 aliphatic rings. The standard InChI is InChI=1S/C18H18N4O2S/c1-10-8-15(17(23)24-10)25-18-21-20-16(22(18)11-6-7-11)13-9-19-14-5-3-2-4-12(13)14/h2-5,9-11,15,19H,6-8H2,1H3/t10-,15-/m1/s1. The first kappa shape index (κ1) is 15.0. The highest BCUT2D eigenvalue weighted by molar-refractivity contribution is 8.00. The lowest BCUT2D eigenvalue weighted by atomic mass is 10.1. The highest BCUT2D eigenvalue weighted by Gasteiger charge is 2.37. The van der Waals surface area contributed by atoms with Crippen molar-refractivity contribution >= 4 is 28.6 Å². The van der Waals surface area contributed by atoms with Crippen LogP contribution in [-0.4, -0.2) is 37.1 Å². The monoisotopic (exact) mass is 354 g/mol. The van der Waals surface area contributed by atoms with Gasteiger partial charge < -0.3 is 9.72 Å². The van der Waals surface area contributed by atoms with Crippen molar-refractivity contribution in [2.24, 2.45) is 0 Å². The fraction of sp³-hybridized carbons (Fsp3) is 0.389. The van der Waals surface area contributed by atoms with E-state index in [0.717, 1.165) is 46.7 Å². The molecule has 1 N–H and O–H groups in total. The molecule has 2 aromatic heterocycles. The summed E-state index contributed by atoms with van der Waals surface area (Å²) >= 11 is 1.49. The smallest absolute Gasteiger partial charge is 0.319 e. The lowest BCUT2D eigenvalue weighted by Crippen LogP contribution is -2.11. The molecule has 3 aromatic rings. The van der Waals surface area contributed by atoms with Crippen LogP contribution in [0.2, 0.25) is 0 Å². The zero-order chi connectivity index (χ0) is 17.0. The van der Waals surface area contributed by atoms with Crippen LogP contribution in [0.4, 0.5) is 0 Å². The van der Waals surface area contributed by atoms with Crippen molar-refractivity contribution in [3.8, 4) is 11.4 Å². The molecule has 5 rings (SSSR count). The zero-order valence-corrected chi connectivity index (χ0v) is 14.6. The number of nitrogens with one attached hydrogen (secondary N) is 1. The van der Waals surface area contributed by atoms with Crippen LogP contribution in [0.5, 0.6) is 0 Å². The first-order valence-electron chi connectivity index (χ1n) is 8.59. The number of ether oxygens (including phenoxy) is 1. The van der Waals surface area contributed by atoms with E-state index in [2.05, 4.69) is 31.9 Å². The number of esters is 1. The zero-order valence-electron chi connectivity index (χ0n) is 13.8. The predicted octanol–water partition coefficient (Wildman–Crippen LogP) is 3.56. The van der Waals surface area contributed by atoms with Crippen LogP contribution in [-0.2, 0) is 9.53 Å². The first-order valence-corrected chi connectivity index (χ1v) is 9.47. The minimum absolute atomic E-state index is 0.0182. The highest BCUT2D eigenvalue weighted by Crippen LogP contribution is 2.43. The molecule has 1 aliphatic heterocycles. The van der Waals surface area contributed by atoms with Gasteiger partial charge in [0.05, 0.1) is 0 Å². The number of hydrogen-bond acceptors (Lipinski definition) is 5. The number of H-pyrrole nitrogens is 1. The second kappa shape index (κ2) is 5.62. The Morgan fingerprint density at radius 1 is 1.28 bits per heavy atom. The average molecular weight is 354 g/mol. The van der Waals surface area contributed by atoms with E-state index in [4.69, 9.17) is 4.74 Å². The normalized spacial score (nSPS) is 23.3. The lowest BCUT2D eigenvalue weighted by Gasteiger charge is -2.09. The molecule has 3 heterocycles. The van der Waals surface area contributed by atoms with E-state index in [1.54, 1.807) is 0 Å². The number of aromatic amines is 1. The Kier molecular flexibility index (Phi) is 3.38. The molecule has 128 valence electrons. The van der Waals surface area contributed by atoms with Crippen molar-refractivity contribution in [2.45, 2.75) is 48.7 Å². The molecule has 0 unspecified atom stereocenters. The van der Waals surface area contributed by atoms with Crippen LogP contribution in [0.1, 0.15) is 32.2 Å². The summed E-state index contributed by atoms with van der Waals surface area (Å²) < 4.78 is 7.48. The third-order valence-electron chi connectivity index (χ3n) is 4.78. The van der Waals surface area contributed by atoms with Crippen molar-refractivity contribution < 1.29 is 9.53 Å². The van der Waals surface area contributed by atoms with Gasteiger partial charge in [-0.2, -0.15) is 0 Å². The van der Waals surface area contributed by atoms with Crippen molar-refractivity contribution in [1.82, 2.24) is 19.7 Å². The van der Waals surface area contributed by atoms with Gasteiger partial charge in [0.1, 0.15) is 11.4 Å². The molecule has 25 heavy (non-hydrogen) atoms. The van der Waals surface area contributed by atoms with Crippen LogP contribution >= 0.6 is 11.8 Å². The highest BCUT2D eigenvalue weighted by atomic mass is 32.2. The van der Waals surface area contributed by atoms with E-state index in [1.807, 2.05) is 25.3 Å². The number of nitrogens with zero attached hydrogens (tertiary/aromatic N) is 3. The molecule has 6 nitrogen and oxygen atoms in total. The molecule has 0 bridgehead atoms. The van der Waals surface area contributed by atoms with Crippen LogP contribution in [0, 0.1) is 0 Å². The Morgan fingerprint density at radius 3 is 2.88 bits per heavy atom. The topological polar surface area (TPSA) is 72.8 Å². The molecule has 0 amide bonds. The number of hydrogen-bond donors (Lipinski definition) is 1. The second-order valence-corrected chi connectivity index (χ2v) is 7.91. The van der Waals surface area contributed by atoms with E-state index < -0.39 is 0 Å². The minimum atomic E-state index is -0.187. The van der Waals surface area contributed by atoms with E-state index >= 15 is 0 Å². The van der Waals surface area contributed by atoms with Crippen LogP contribution < -0.4 is 0 Å². The number of carbonyl (C=O) groups excluding carboxylic acids is 1. The maximum Gasteiger partial charge on any atom is 0.319 e. The van der Waals surface area contributed by atoms with E-state index in [0.29, 0.717) is 6.04 Å². The van der Waals surface area contributed by atoms with Crippen molar-refractivity contribution in [3.05, 3.63) is 30.5 Å². The Bertz CT molecular complexity index is 959. The summed E-state index contributed by atoms with van der Waals surface area (Å²) in [7, 11) is 0. The van der Waals surface area contributed by atoms with Gasteiger partial charge in [0.2, 0.25) is 0 Å². The molecular weight excluding hydrogens is 336 g/mol. The Hall–Kier alpha value is -2.28. The van der Waals surface area contributed by atoms with Gasteiger partial charge in [0.25, 0.3) is 0 Å². The van der Waals surface area contributed by atoms with Crippen LogP contribution in [0.3, 0.4) is 0 Å². The van der Waals surface area contributed by atoms with Crippen molar-refractivity contribution in [1.29, 1.82) is 0 Å². The van der Waals surface area contributed by atoms with Crippen LogP contribution in [0.15, 0.2) is 35.6 Å². The van der Waals surface area contributed by atoms with Crippen molar-refractivity contribution in [3.63, 3.8) is 0 Å². The molecule has 1 aliphatic carbocycles. The second-order valence-electron chi connectivity index (χ2n) is 6.74. The number of carbonyl (C=O) groups is 1. The van der Waals surface area contributed by atoms with Crippen LogP contribution in [0.25, 0.3) is 22.3 Å². The van der Waals surface area contributed by atoms with Gasteiger partial charge in [0, 0.05) is 35.1 Å². The van der Waals surface area contributed by atoms with E-state index in [1.165, 1.54) is 11.8 Å². The van der Waals surface area contributed by atoms with Gasteiger partial charge >= 0.3 is 5.97 Å². The maximum absolute atomic E-state index is 12.0. The van der Waals surface area contributed by atoms with Crippen molar-refractivity contribution in [2.75, 3.05) is 0 Å².